The zero-order chi connectivity index (χ0) is 13.4. The fourth-order valence-corrected chi connectivity index (χ4v) is 1.92. The second kappa shape index (κ2) is 7.78. The summed E-state index contributed by atoms with van der Waals surface area (Å²) in [6.45, 7) is 3.03. The van der Waals surface area contributed by atoms with Crippen LogP contribution in [0.25, 0.3) is 0 Å². The van der Waals surface area contributed by atoms with Crippen molar-refractivity contribution >= 4 is 28.3 Å². The summed E-state index contributed by atoms with van der Waals surface area (Å²) in [6.07, 6.45) is 1.06. The van der Waals surface area contributed by atoms with E-state index in [0.29, 0.717) is 24.0 Å². The van der Waals surface area contributed by atoms with Crippen LogP contribution in [-0.4, -0.2) is 35.2 Å². The molecule has 6 nitrogen and oxygen atoms in total. The van der Waals surface area contributed by atoms with Gasteiger partial charge in [-0.05, 0) is 6.42 Å². The molecule has 0 aromatic carbocycles. The lowest BCUT2D eigenvalue weighted by Crippen LogP contribution is -2.14. The van der Waals surface area contributed by atoms with E-state index in [1.165, 1.54) is 11.3 Å². The van der Waals surface area contributed by atoms with Gasteiger partial charge in [-0.3, -0.25) is 9.59 Å². The average Bonchev–Trinajstić information content (AvgIpc) is 2.71. The third kappa shape index (κ3) is 5.74. The Bertz CT molecular complexity index is 406. The molecule has 1 heterocycles. The molecule has 0 aliphatic carbocycles. The monoisotopic (exact) mass is 272 g/mol. The number of amides is 1. The first-order valence-corrected chi connectivity index (χ1v) is 6.53. The number of hydrogen-bond acceptors (Lipinski definition) is 5. The molecule has 0 aliphatic rings. The highest BCUT2D eigenvalue weighted by molar-refractivity contribution is 7.13. The van der Waals surface area contributed by atoms with Crippen LogP contribution in [0.1, 0.15) is 25.5 Å². The van der Waals surface area contributed by atoms with Crippen LogP contribution < -0.4 is 5.32 Å². The van der Waals surface area contributed by atoms with Gasteiger partial charge >= 0.3 is 5.97 Å². The Balaban J connectivity index is 2.31. The molecule has 1 aromatic heterocycles. The van der Waals surface area contributed by atoms with Gasteiger partial charge in [0.05, 0.1) is 25.1 Å². The van der Waals surface area contributed by atoms with Gasteiger partial charge in [0.15, 0.2) is 5.13 Å². The molecule has 0 aliphatic heterocycles. The van der Waals surface area contributed by atoms with Gasteiger partial charge in [0.25, 0.3) is 0 Å². The molecule has 2 N–H and O–H groups in total. The first-order chi connectivity index (χ1) is 8.61. The summed E-state index contributed by atoms with van der Waals surface area (Å²) in [7, 11) is 0. The number of ether oxygens (including phenoxy) is 1. The van der Waals surface area contributed by atoms with Crippen molar-refractivity contribution in [1.82, 2.24) is 4.98 Å². The Morgan fingerprint density at radius 1 is 1.50 bits per heavy atom. The highest BCUT2D eigenvalue weighted by Gasteiger charge is 2.08. The summed E-state index contributed by atoms with van der Waals surface area (Å²) in [5.41, 5.74) is 0.449. The van der Waals surface area contributed by atoms with Crippen LogP contribution in [0.15, 0.2) is 5.38 Å². The lowest BCUT2D eigenvalue weighted by Gasteiger charge is -2.02. The second-order valence-corrected chi connectivity index (χ2v) is 4.48. The summed E-state index contributed by atoms with van der Waals surface area (Å²) < 4.78 is 5.19. The minimum absolute atomic E-state index is 0.133. The summed E-state index contributed by atoms with van der Waals surface area (Å²) in [4.78, 5) is 25.9. The summed E-state index contributed by atoms with van der Waals surface area (Å²) in [5.74, 6) is -1.12. The van der Waals surface area contributed by atoms with Gasteiger partial charge in [-0.25, -0.2) is 4.98 Å². The molecule has 0 bridgehead atoms. The minimum Gasteiger partial charge on any atom is -0.481 e. The van der Waals surface area contributed by atoms with Crippen molar-refractivity contribution in [3.05, 3.63) is 11.1 Å². The van der Waals surface area contributed by atoms with Crippen LogP contribution in [0.3, 0.4) is 0 Å². The van der Waals surface area contributed by atoms with Crippen LogP contribution >= 0.6 is 11.3 Å². The van der Waals surface area contributed by atoms with Crippen molar-refractivity contribution < 1.29 is 19.4 Å². The predicted molar refractivity (Wildman–Crippen MR) is 67.8 cm³/mol. The number of carboxylic acids is 1. The smallest absolute Gasteiger partial charge is 0.309 e. The third-order valence-corrected chi connectivity index (χ3v) is 2.76. The molecule has 1 rings (SSSR count). The average molecular weight is 272 g/mol. The Hall–Kier alpha value is -1.47. The quantitative estimate of drug-likeness (QED) is 0.700. The first kappa shape index (κ1) is 14.6. The molecule has 1 amide bonds. The zero-order valence-corrected chi connectivity index (χ0v) is 11.0. The fourth-order valence-electron chi connectivity index (χ4n) is 1.19. The number of aliphatic carboxylic acids is 1. The van der Waals surface area contributed by atoms with Crippen molar-refractivity contribution in [3.8, 4) is 0 Å². The maximum Gasteiger partial charge on any atom is 0.309 e. The normalized spacial score (nSPS) is 10.3. The van der Waals surface area contributed by atoms with Crippen molar-refractivity contribution in [2.45, 2.75) is 26.2 Å². The lowest BCUT2D eigenvalue weighted by atomic mass is 10.3. The van der Waals surface area contributed by atoms with Crippen molar-refractivity contribution in [3.63, 3.8) is 0 Å². The maximum absolute atomic E-state index is 11.5. The molecule has 1 aromatic rings. The molecule has 0 radical (unpaired) electrons. The Morgan fingerprint density at radius 2 is 2.28 bits per heavy atom. The molecular weight excluding hydrogens is 256 g/mol. The van der Waals surface area contributed by atoms with Crippen LogP contribution in [0, 0.1) is 0 Å². The minimum atomic E-state index is -0.939. The van der Waals surface area contributed by atoms with Crippen LogP contribution in [0.5, 0.6) is 0 Å². The molecular formula is C11H16N2O4S. The molecule has 0 saturated carbocycles. The third-order valence-electron chi connectivity index (χ3n) is 1.95. The number of nitrogens with zero attached hydrogens (tertiary/aromatic N) is 1. The summed E-state index contributed by atoms with van der Waals surface area (Å²) in [6, 6.07) is 0. The Kier molecular flexibility index (Phi) is 6.31. The molecule has 0 unspecified atom stereocenters. The molecule has 0 saturated heterocycles. The van der Waals surface area contributed by atoms with Gasteiger partial charge in [-0.15, -0.1) is 11.3 Å². The topological polar surface area (TPSA) is 88.5 Å². The highest BCUT2D eigenvalue weighted by atomic mass is 32.1. The van der Waals surface area contributed by atoms with E-state index in [1.54, 1.807) is 5.38 Å². The summed E-state index contributed by atoms with van der Waals surface area (Å²) in [5, 5.41) is 13.2. The highest BCUT2D eigenvalue weighted by Crippen LogP contribution is 2.15. The van der Waals surface area contributed by atoms with Gasteiger partial charge in [0.1, 0.15) is 0 Å². The van der Waals surface area contributed by atoms with E-state index < -0.39 is 5.97 Å². The molecule has 100 valence electrons. The van der Waals surface area contributed by atoms with E-state index in [4.69, 9.17) is 9.84 Å². The van der Waals surface area contributed by atoms with E-state index in [9.17, 15) is 9.59 Å². The number of hydrogen-bond donors (Lipinski definition) is 2. The number of carbonyl (C=O) groups excluding carboxylic acids is 1. The van der Waals surface area contributed by atoms with Crippen molar-refractivity contribution in [1.29, 1.82) is 0 Å². The van der Waals surface area contributed by atoms with Crippen LogP contribution in [-0.2, 0) is 20.7 Å². The molecule has 0 fully saturated rings. The van der Waals surface area contributed by atoms with Crippen molar-refractivity contribution in [2.75, 3.05) is 18.5 Å². The van der Waals surface area contributed by atoms with E-state index in [2.05, 4.69) is 10.3 Å². The van der Waals surface area contributed by atoms with Gasteiger partial charge in [0, 0.05) is 12.0 Å². The number of aromatic nitrogens is 1. The Labute approximate surface area is 109 Å². The molecule has 7 heteroatoms. The van der Waals surface area contributed by atoms with Gasteiger partial charge in [-0.1, -0.05) is 6.92 Å². The largest absolute Gasteiger partial charge is 0.481 e. The maximum atomic E-state index is 11.5. The second-order valence-electron chi connectivity index (χ2n) is 3.63. The Morgan fingerprint density at radius 3 is 2.94 bits per heavy atom. The number of anilines is 1. The first-order valence-electron chi connectivity index (χ1n) is 5.65. The molecule has 0 spiro atoms. The van der Waals surface area contributed by atoms with Gasteiger partial charge < -0.3 is 15.2 Å². The lowest BCUT2D eigenvalue weighted by molar-refractivity contribution is -0.136. The van der Waals surface area contributed by atoms with Crippen LogP contribution in [0.2, 0.25) is 0 Å². The summed E-state index contributed by atoms with van der Waals surface area (Å²) >= 11 is 1.22. The number of thiazole rings is 1. The fraction of sp³-hybridized carbons (Fsp3) is 0.545. The number of carbonyl (C=O) groups is 2. The van der Waals surface area contributed by atoms with Crippen molar-refractivity contribution in [2.24, 2.45) is 0 Å². The molecule has 18 heavy (non-hydrogen) atoms. The number of nitrogens with one attached hydrogen (secondary N) is 1. The predicted octanol–water partition coefficient (Wildman–Crippen LogP) is 1.53. The standard InChI is InChI=1S/C11H16N2O4S/c1-2-4-17-5-3-9(14)13-11-12-8(7-18-11)6-10(15)16/h7H,2-6H2,1H3,(H,15,16)(H,12,13,14). The van der Waals surface area contributed by atoms with E-state index >= 15 is 0 Å². The molecule has 0 atom stereocenters. The van der Waals surface area contributed by atoms with Gasteiger partial charge in [-0.2, -0.15) is 0 Å². The zero-order valence-electron chi connectivity index (χ0n) is 10.1. The number of rotatable bonds is 8. The van der Waals surface area contributed by atoms with Gasteiger partial charge in [0.2, 0.25) is 5.91 Å². The SMILES string of the molecule is CCCOCCC(=O)Nc1nc(CC(=O)O)cs1. The van der Waals surface area contributed by atoms with E-state index in [0.717, 1.165) is 6.42 Å². The van der Waals surface area contributed by atoms with E-state index in [-0.39, 0.29) is 18.7 Å². The van der Waals surface area contributed by atoms with E-state index in [1.807, 2.05) is 6.92 Å². The van der Waals surface area contributed by atoms with Crippen LogP contribution in [0.4, 0.5) is 5.13 Å². The number of carboxylic acid groups (broad SMARTS) is 1.